The van der Waals surface area contributed by atoms with Gasteiger partial charge in [0, 0.05) is 0 Å². The van der Waals surface area contributed by atoms with Crippen LogP contribution in [0.3, 0.4) is 0 Å². The third kappa shape index (κ3) is 2.45. The van der Waals surface area contributed by atoms with Crippen LogP contribution in [-0.2, 0) is 9.59 Å². The highest BCUT2D eigenvalue weighted by molar-refractivity contribution is 5.85. The first-order chi connectivity index (χ1) is 9.65. The number of carbonyl (C=O) groups excluding carboxylic acids is 2. The van der Waals surface area contributed by atoms with Crippen molar-refractivity contribution in [1.29, 1.82) is 0 Å². The molecule has 21 heavy (non-hydrogen) atoms. The fraction of sp³-hybridized carbons (Fsp3) is 0.875. The molecule has 2 amide bonds. The van der Waals surface area contributed by atoms with Crippen molar-refractivity contribution in [2.45, 2.75) is 58.5 Å². The van der Waals surface area contributed by atoms with Crippen molar-refractivity contribution in [1.82, 2.24) is 5.32 Å². The van der Waals surface area contributed by atoms with Gasteiger partial charge in [-0.05, 0) is 55.3 Å². The Bertz CT molecular complexity index is 472. The largest absolute Gasteiger partial charge is 0.381 e. The van der Waals surface area contributed by atoms with Gasteiger partial charge in [-0.25, -0.2) is 0 Å². The molecule has 0 heterocycles. The second-order valence-electron chi connectivity index (χ2n) is 8.54. The van der Waals surface area contributed by atoms with Crippen molar-refractivity contribution in [2.75, 3.05) is 6.54 Å². The number of primary amides is 1. The summed E-state index contributed by atoms with van der Waals surface area (Å²) in [6, 6.07) is 0. The molecule has 5 nitrogen and oxygen atoms in total. The lowest BCUT2D eigenvalue weighted by Crippen LogP contribution is -2.60. The maximum absolute atomic E-state index is 12.7. The molecule has 4 rings (SSSR count). The Balaban J connectivity index is 1.75. The van der Waals surface area contributed by atoms with E-state index >= 15 is 0 Å². The molecule has 0 aromatic rings. The summed E-state index contributed by atoms with van der Waals surface area (Å²) in [6.07, 6.45) is 5.22. The van der Waals surface area contributed by atoms with Crippen molar-refractivity contribution in [3.8, 4) is 0 Å². The van der Waals surface area contributed by atoms with Crippen molar-refractivity contribution in [3.05, 3.63) is 0 Å². The van der Waals surface area contributed by atoms with Crippen LogP contribution < -0.4 is 11.1 Å². The third-order valence-corrected chi connectivity index (χ3v) is 5.89. The number of aliphatic hydroxyl groups excluding tert-OH is 1. The van der Waals surface area contributed by atoms with E-state index in [1.165, 1.54) is 19.3 Å². The molecule has 4 fully saturated rings. The monoisotopic (exact) mass is 294 g/mol. The lowest BCUT2D eigenvalue weighted by atomic mass is 9.40. The maximum Gasteiger partial charge on any atom is 0.248 e. The van der Waals surface area contributed by atoms with Crippen LogP contribution in [0.25, 0.3) is 0 Å². The van der Waals surface area contributed by atoms with Crippen LogP contribution in [0.1, 0.15) is 52.4 Å². The predicted octanol–water partition coefficient (Wildman–Crippen LogP) is 0.945. The first kappa shape index (κ1) is 14.8. The fourth-order valence-electron chi connectivity index (χ4n) is 6.18. The molecule has 4 saturated carbocycles. The van der Waals surface area contributed by atoms with E-state index in [0.717, 1.165) is 19.3 Å². The lowest BCUT2D eigenvalue weighted by Gasteiger charge is -2.64. The number of amides is 2. The fourth-order valence-corrected chi connectivity index (χ4v) is 6.18. The summed E-state index contributed by atoms with van der Waals surface area (Å²) in [5, 5.41) is 12.2. The van der Waals surface area contributed by atoms with Crippen LogP contribution in [0.2, 0.25) is 0 Å². The second-order valence-corrected chi connectivity index (χ2v) is 8.54. The molecule has 5 heteroatoms. The highest BCUT2D eigenvalue weighted by atomic mass is 16.3. The minimum absolute atomic E-state index is 0.00403. The summed E-state index contributed by atoms with van der Waals surface area (Å²) in [5.74, 6) is -0.146. The summed E-state index contributed by atoms with van der Waals surface area (Å²) in [4.78, 5) is 23.6. The van der Waals surface area contributed by atoms with Gasteiger partial charge < -0.3 is 16.2 Å². The van der Waals surface area contributed by atoms with Gasteiger partial charge in [-0.3, -0.25) is 9.59 Å². The van der Waals surface area contributed by atoms with Crippen molar-refractivity contribution >= 4 is 11.8 Å². The first-order valence-corrected chi connectivity index (χ1v) is 7.91. The summed E-state index contributed by atoms with van der Waals surface area (Å²) in [5.41, 5.74) is 5.27. The number of nitrogens with one attached hydrogen (secondary N) is 1. The van der Waals surface area contributed by atoms with E-state index in [4.69, 9.17) is 5.73 Å². The summed E-state index contributed by atoms with van der Waals surface area (Å²) < 4.78 is 0. The molecule has 118 valence electrons. The van der Waals surface area contributed by atoms with Crippen molar-refractivity contribution in [3.63, 3.8) is 0 Å². The second kappa shape index (κ2) is 4.45. The van der Waals surface area contributed by atoms with Crippen LogP contribution in [0.15, 0.2) is 0 Å². The molecule has 4 aliphatic rings. The number of nitrogens with two attached hydrogens (primary N) is 1. The van der Waals surface area contributed by atoms with E-state index in [2.05, 4.69) is 19.2 Å². The maximum atomic E-state index is 12.7. The number of hydrogen-bond donors (Lipinski definition) is 3. The summed E-state index contributed by atoms with van der Waals surface area (Å²) >= 11 is 0. The minimum Gasteiger partial charge on any atom is -0.381 e. The molecule has 4 bridgehead atoms. The van der Waals surface area contributed by atoms with Gasteiger partial charge in [0.1, 0.15) is 6.10 Å². The number of carbonyl (C=O) groups is 2. The minimum atomic E-state index is -1.30. The summed E-state index contributed by atoms with van der Waals surface area (Å²) in [7, 11) is 0. The third-order valence-electron chi connectivity index (χ3n) is 5.89. The standard InChI is InChI=1S/C16H26N2O3/c1-14-3-10-4-15(2,7-14)9-16(5-10,8-14)13(21)18-6-11(19)12(17)20/h10-11,19H,3-9H2,1-2H3,(H2,17,20)(H,18,21). The zero-order valence-corrected chi connectivity index (χ0v) is 12.9. The molecular weight excluding hydrogens is 268 g/mol. The Morgan fingerprint density at radius 2 is 1.76 bits per heavy atom. The van der Waals surface area contributed by atoms with Gasteiger partial charge in [-0.15, -0.1) is 0 Å². The Morgan fingerprint density at radius 3 is 2.24 bits per heavy atom. The van der Waals surface area contributed by atoms with Crippen LogP contribution in [0, 0.1) is 22.2 Å². The van der Waals surface area contributed by atoms with Gasteiger partial charge in [0.15, 0.2) is 0 Å². The molecule has 0 radical (unpaired) electrons. The number of hydrogen-bond acceptors (Lipinski definition) is 3. The zero-order chi connectivity index (χ0) is 15.5. The van der Waals surface area contributed by atoms with Gasteiger partial charge in [0.05, 0.1) is 12.0 Å². The van der Waals surface area contributed by atoms with Gasteiger partial charge >= 0.3 is 0 Å². The molecule has 0 aromatic heterocycles. The van der Waals surface area contributed by atoms with Gasteiger partial charge in [-0.2, -0.15) is 0 Å². The molecule has 0 spiro atoms. The molecule has 4 aliphatic carbocycles. The van der Waals surface area contributed by atoms with Gasteiger partial charge in [0.2, 0.25) is 11.8 Å². The molecule has 3 unspecified atom stereocenters. The first-order valence-electron chi connectivity index (χ1n) is 7.91. The molecule has 4 N–H and O–H groups in total. The Labute approximate surface area is 125 Å². The van der Waals surface area contributed by atoms with E-state index < -0.39 is 12.0 Å². The molecule has 0 aromatic carbocycles. The van der Waals surface area contributed by atoms with Crippen LogP contribution in [0.5, 0.6) is 0 Å². The number of rotatable bonds is 4. The van der Waals surface area contributed by atoms with E-state index in [-0.39, 0.29) is 28.7 Å². The van der Waals surface area contributed by atoms with E-state index in [9.17, 15) is 14.7 Å². The molecule has 0 aliphatic heterocycles. The highest BCUT2D eigenvalue weighted by Crippen LogP contribution is 2.69. The highest BCUT2D eigenvalue weighted by Gasteiger charge is 2.62. The topological polar surface area (TPSA) is 92.4 Å². The van der Waals surface area contributed by atoms with Crippen LogP contribution >= 0.6 is 0 Å². The van der Waals surface area contributed by atoms with Crippen LogP contribution in [-0.4, -0.2) is 29.6 Å². The van der Waals surface area contributed by atoms with Crippen molar-refractivity contribution < 1.29 is 14.7 Å². The predicted molar refractivity (Wildman–Crippen MR) is 78.0 cm³/mol. The normalized spacial score (nSPS) is 45.4. The Morgan fingerprint density at radius 1 is 1.19 bits per heavy atom. The van der Waals surface area contributed by atoms with Crippen molar-refractivity contribution in [2.24, 2.45) is 27.9 Å². The molecular formula is C16H26N2O3. The van der Waals surface area contributed by atoms with Gasteiger partial charge in [0.25, 0.3) is 0 Å². The molecule has 0 saturated heterocycles. The van der Waals surface area contributed by atoms with Crippen LogP contribution in [0.4, 0.5) is 0 Å². The smallest absolute Gasteiger partial charge is 0.248 e. The Kier molecular flexibility index (Phi) is 3.14. The average Bonchev–Trinajstić information content (AvgIpc) is 2.30. The number of aliphatic hydroxyl groups is 1. The summed E-state index contributed by atoms with van der Waals surface area (Å²) in [6.45, 7) is 4.56. The lowest BCUT2D eigenvalue weighted by molar-refractivity contribution is -0.170. The molecule has 3 atom stereocenters. The SMILES string of the molecule is CC12CC3CC(C)(C1)CC(C(=O)NCC(O)C(N)=O)(C3)C2. The Hall–Kier alpha value is -1.10. The van der Waals surface area contributed by atoms with E-state index in [1.807, 2.05) is 0 Å². The zero-order valence-electron chi connectivity index (χ0n) is 12.9. The van der Waals surface area contributed by atoms with E-state index in [1.54, 1.807) is 0 Å². The van der Waals surface area contributed by atoms with E-state index in [0.29, 0.717) is 5.92 Å². The quantitative estimate of drug-likeness (QED) is 0.720. The van der Waals surface area contributed by atoms with Gasteiger partial charge in [-0.1, -0.05) is 13.8 Å². The average molecular weight is 294 g/mol.